The van der Waals surface area contributed by atoms with Crippen molar-refractivity contribution in [2.24, 2.45) is 0 Å². The highest BCUT2D eigenvalue weighted by Crippen LogP contribution is 2.23. The van der Waals surface area contributed by atoms with Gasteiger partial charge in [-0.05, 0) is 44.0 Å². The van der Waals surface area contributed by atoms with Crippen molar-refractivity contribution >= 4 is 0 Å². The minimum absolute atomic E-state index is 0.202. The van der Waals surface area contributed by atoms with Crippen molar-refractivity contribution in [2.45, 2.75) is 40.2 Å². The molecular weight excluding hydrogens is 265 g/mol. The molecule has 1 aromatic carbocycles. The molecule has 2 rings (SSSR count). The molecule has 0 bridgehead atoms. The quantitative estimate of drug-likeness (QED) is 0.883. The van der Waals surface area contributed by atoms with Gasteiger partial charge in [-0.2, -0.15) is 5.10 Å². The van der Waals surface area contributed by atoms with Crippen molar-refractivity contribution in [2.75, 3.05) is 13.1 Å². The summed E-state index contributed by atoms with van der Waals surface area (Å²) in [7, 11) is 0. The summed E-state index contributed by atoms with van der Waals surface area (Å²) in [5, 5.41) is 8.04. The van der Waals surface area contributed by atoms with Gasteiger partial charge < -0.3 is 5.32 Å². The van der Waals surface area contributed by atoms with Crippen LogP contribution in [0, 0.1) is 19.7 Å². The second-order valence-electron chi connectivity index (χ2n) is 5.58. The predicted molar refractivity (Wildman–Crippen MR) is 84.2 cm³/mol. The number of benzene rings is 1. The number of aromatic nitrogens is 2. The lowest BCUT2D eigenvalue weighted by Crippen LogP contribution is -2.20. The van der Waals surface area contributed by atoms with Crippen molar-refractivity contribution in [1.29, 1.82) is 0 Å². The number of nitrogens with one attached hydrogen (secondary N) is 1. The Morgan fingerprint density at radius 1 is 1.24 bits per heavy atom. The van der Waals surface area contributed by atoms with Crippen LogP contribution in [0.4, 0.5) is 4.39 Å². The molecule has 0 aliphatic rings. The number of likely N-dealkylation sites (N-methyl/N-ethyl adjacent to an activating group) is 1. The fourth-order valence-corrected chi connectivity index (χ4v) is 2.80. The molecule has 1 unspecified atom stereocenters. The Balaban J connectivity index is 2.20. The average Bonchev–Trinajstić information content (AvgIpc) is 2.73. The smallest absolute Gasteiger partial charge is 0.123 e. The number of aryl methyl sites for hydroxylation is 1. The highest BCUT2D eigenvalue weighted by Gasteiger charge is 2.17. The van der Waals surface area contributed by atoms with Crippen LogP contribution in [-0.2, 0) is 6.54 Å². The summed E-state index contributed by atoms with van der Waals surface area (Å²) in [5.74, 6) is 0.235. The summed E-state index contributed by atoms with van der Waals surface area (Å²) in [6.07, 6.45) is 0. The van der Waals surface area contributed by atoms with E-state index in [1.54, 1.807) is 0 Å². The molecule has 1 N–H and O–H groups in total. The van der Waals surface area contributed by atoms with Crippen molar-refractivity contribution in [3.8, 4) is 0 Å². The Hall–Kier alpha value is -1.68. The van der Waals surface area contributed by atoms with Crippen LogP contribution < -0.4 is 5.32 Å². The largest absolute Gasteiger partial charge is 0.316 e. The molecule has 0 saturated heterocycles. The molecule has 0 aliphatic carbocycles. The zero-order valence-electron chi connectivity index (χ0n) is 13.3. The maximum absolute atomic E-state index is 13.0. The van der Waals surface area contributed by atoms with E-state index in [1.807, 2.05) is 16.8 Å². The normalized spacial score (nSPS) is 12.6. The summed E-state index contributed by atoms with van der Waals surface area (Å²) in [6, 6.07) is 6.62. The van der Waals surface area contributed by atoms with Crippen LogP contribution in [-0.4, -0.2) is 22.9 Å². The minimum atomic E-state index is -0.202. The molecule has 4 heteroatoms. The first kappa shape index (κ1) is 15.7. The fraction of sp³-hybridized carbons (Fsp3) is 0.471. The number of hydrogen-bond donors (Lipinski definition) is 1. The third-order valence-corrected chi connectivity index (χ3v) is 3.88. The highest BCUT2D eigenvalue weighted by molar-refractivity contribution is 5.29. The van der Waals surface area contributed by atoms with Crippen LogP contribution in [0.25, 0.3) is 0 Å². The minimum Gasteiger partial charge on any atom is -0.316 e. The molecule has 0 aliphatic heterocycles. The van der Waals surface area contributed by atoms with Crippen LogP contribution in [0.3, 0.4) is 0 Å². The second-order valence-corrected chi connectivity index (χ2v) is 5.58. The molecule has 0 spiro atoms. The van der Waals surface area contributed by atoms with E-state index in [2.05, 4.69) is 38.1 Å². The lowest BCUT2D eigenvalue weighted by atomic mass is 9.99. The van der Waals surface area contributed by atoms with Crippen molar-refractivity contribution in [3.05, 3.63) is 52.6 Å². The fourth-order valence-electron chi connectivity index (χ4n) is 2.80. The van der Waals surface area contributed by atoms with Crippen LogP contribution in [0.15, 0.2) is 24.3 Å². The molecule has 0 amide bonds. The van der Waals surface area contributed by atoms with Crippen molar-refractivity contribution in [1.82, 2.24) is 15.1 Å². The first-order chi connectivity index (χ1) is 10.0. The van der Waals surface area contributed by atoms with E-state index >= 15 is 0 Å². The van der Waals surface area contributed by atoms with Gasteiger partial charge in [0.25, 0.3) is 0 Å². The molecule has 3 nitrogen and oxygen atoms in total. The summed E-state index contributed by atoms with van der Waals surface area (Å²) < 4.78 is 15.0. The molecule has 1 aromatic heterocycles. The Kier molecular flexibility index (Phi) is 5.12. The van der Waals surface area contributed by atoms with Gasteiger partial charge in [-0.3, -0.25) is 4.68 Å². The van der Waals surface area contributed by atoms with Gasteiger partial charge in [-0.15, -0.1) is 0 Å². The van der Waals surface area contributed by atoms with E-state index in [1.165, 1.54) is 23.4 Å². The topological polar surface area (TPSA) is 29.9 Å². The SMILES string of the molecule is CCNCC(C)c1c(C)nn(Cc2ccc(F)cc2)c1C. The maximum atomic E-state index is 13.0. The van der Waals surface area contributed by atoms with E-state index in [0.29, 0.717) is 12.5 Å². The van der Waals surface area contributed by atoms with E-state index in [4.69, 9.17) is 0 Å². The zero-order chi connectivity index (χ0) is 15.4. The van der Waals surface area contributed by atoms with Crippen LogP contribution in [0.1, 0.15) is 42.3 Å². The number of nitrogens with zero attached hydrogens (tertiary/aromatic N) is 2. The lowest BCUT2D eigenvalue weighted by Gasteiger charge is -2.13. The van der Waals surface area contributed by atoms with Gasteiger partial charge in [0.1, 0.15) is 5.82 Å². The molecule has 21 heavy (non-hydrogen) atoms. The van der Waals surface area contributed by atoms with Gasteiger partial charge in [0, 0.05) is 17.8 Å². The summed E-state index contributed by atoms with van der Waals surface area (Å²) in [4.78, 5) is 0. The average molecular weight is 289 g/mol. The third-order valence-electron chi connectivity index (χ3n) is 3.88. The molecule has 0 fully saturated rings. The summed E-state index contributed by atoms with van der Waals surface area (Å²) >= 11 is 0. The monoisotopic (exact) mass is 289 g/mol. The van der Waals surface area contributed by atoms with Crippen LogP contribution in [0.2, 0.25) is 0 Å². The Morgan fingerprint density at radius 2 is 1.90 bits per heavy atom. The van der Waals surface area contributed by atoms with Gasteiger partial charge in [0.2, 0.25) is 0 Å². The van der Waals surface area contributed by atoms with Gasteiger partial charge >= 0.3 is 0 Å². The van der Waals surface area contributed by atoms with E-state index in [0.717, 1.165) is 24.3 Å². The van der Waals surface area contributed by atoms with Crippen molar-refractivity contribution in [3.63, 3.8) is 0 Å². The molecular formula is C17H24FN3. The predicted octanol–water partition coefficient (Wildman–Crippen LogP) is 3.40. The van der Waals surface area contributed by atoms with E-state index in [-0.39, 0.29) is 5.82 Å². The number of rotatable bonds is 6. The van der Waals surface area contributed by atoms with Crippen LogP contribution >= 0.6 is 0 Å². The first-order valence-electron chi connectivity index (χ1n) is 7.52. The first-order valence-corrected chi connectivity index (χ1v) is 7.52. The molecule has 0 radical (unpaired) electrons. The highest BCUT2D eigenvalue weighted by atomic mass is 19.1. The van der Waals surface area contributed by atoms with E-state index in [9.17, 15) is 4.39 Å². The number of hydrogen-bond acceptors (Lipinski definition) is 2. The van der Waals surface area contributed by atoms with Gasteiger partial charge in [-0.25, -0.2) is 4.39 Å². The van der Waals surface area contributed by atoms with Gasteiger partial charge in [-0.1, -0.05) is 26.0 Å². The summed E-state index contributed by atoms with van der Waals surface area (Å²) in [6.45, 7) is 11.1. The lowest BCUT2D eigenvalue weighted by molar-refractivity contribution is 0.619. The Labute approximate surface area is 126 Å². The van der Waals surface area contributed by atoms with Gasteiger partial charge in [0.05, 0.1) is 12.2 Å². The molecule has 1 heterocycles. The zero-order valence-corrected chi connectivity index (χ0v) is 13.3. The third kappa shape index (κ3) is 3.70. The van der Waals surface area contributed by atoms with Crippen molar-refractivity contribution < 1.29 is 4.39 Å². The molecule has 114 valence electrons. The van der Waals surface area contributed by atoms with Gasteiger partial charge in [0.15, 0.2) is 0 Å². The second kappa shape index (κ2) is 6.85. The summed E-state index contributed by atoms with van der Waals surface area (Å²) in [5.41, 5.74) is 4.66. The van der Waals surface area contributed by atoms with Crippen LogP contribution in [0.5, 0.6) is 0 Å². The maximum Gasteiger partial charge on any atom is 0.123 e. The molecule has 1 atom stereocenters. The Bertz CT molecular complexity index is 587. The standard InChI is InChI=1S/C17H24FN3/c1-5-19-10-12(2)17-13(3)20-21(14(17)4)11-15-6-8-16(18)9-7-15/h6-9,12,19H,5,10-11H2,1-4H3. The Morgan fingerprint density at radius 3 is 2.52 bits per heavy atom. The molecule has 0 saturated carbocycles. The van der Waals surface area contributed by atoms with E-state index < -0.39 is 0 Å². The molecule has 2 aromatic rings. The number of halogens is 1.